The maximum absolute atomic E-state index is 13.8. The molecule has 0 spiro atoms. The van der Waals surface area contributed by atoms with Gasteiger partial charge in [0.15, 0.2) is 5.16 Å². The SMILES string of the molecule is CCNC(=O)[C@@H](C)Sc1nnc(N2CCOCC2)n1-c1cccc(F)c1. The summed E-state index contributed by atoms with van der Waals surface area (Å²) in [6, 6.07) is 6.28. The Morgan fingerprint density at radius 2 is 2.15 bits per heavy atom. The Bertz CT molecular complexity index is 763. The predicted molar refractivity (Wildman–Crippen MR) is 98.4 cm³/mol. The molecule has 0 bridgehead atoms. The molecule has 140 valence electrons. The highest BCUT2D eigenvalue weighted by Gasteiger charge is 2.24. The van der Waals surface area contributed by atoms with Gasteiger partial charge in [-0.1, -0.05) is 17.8 Å². The molecule has 1 atom stereocenters. The minimum absolute atomic E-state index is 0.0702. The molecule has 1 aliphatic rings. The Balaban J connectivity index is 1.96. The normalized spacial score (nSPS) is 15.7. The number of hydrogen-bond donors (Lipinski definition) is 1. The molecule has 2 aromatic rings. The Morgan fingerprint density at radius 3 is 2.85 bits per heavy atom. The number of hydrogen-bond acceptors (Lipinski definition) is 6. The second kappa shape index (κ2) is 8.50. The fourth-order valence-corrected chi connectivity index (χ4v) is 3.56. The van der Waals surface area contributed by atoms with E-state index < -0.39 is 0 Å². The lowest BCUT2D eigenvalue weighted by Crippen LogP contribution is -2.38. The van der Waals surface area contributed by atoms with E-state index in [1.165, 1.54) is 23.9 Å². The molecule has 3 rings (SSSR count). The third kappa shape index (κ3) is 4.16. The number of anilines is 1. The van der Waals surface area contributed by atoms with Gasteiger partial charge >= 0.3 is 0 Å². The lowest BCUT2D eigenvalue weighted by molar-refractivity contribution is -0.120. The number of carbonyl (C=O) groups excluding carboxylic acids is 1. The largest absolute Gasteiger partial charge is 0.378 e. The van der Waals surface area contributed by atoms with Crippen molar-refractivity contribution in [2.45, 2.75) is 24.3 Å². The summed E-state index contributed by atoms with van der Waals surface area (Å²) >= 11 is 1.30. The van der Waals surface area contributed by atoms with E-state index in [0.29, 0.717) is 49.6 Å². The molecule has 0 aliphatic carbocycles. The maximum Gasteiger partial charge on any atom is 0.233 e. The van der Waals surface area contributed by atoms with Crippen molar-refractivity contribution in [2.24, 2.45) is 0 Å². The topological polar surface area (TPSA) is 72.3 Å². The summed E-state index contributed by atoms with van der Waals surface area (Å²) < 4.78 is 21.0. The second-order valence-corrected chi connectivity index (χ2v) is 7.16. The third-order valence-electron chi connectivity index (χ3n) is 3.98. The number of rotatable bonds is 6. The minimum atomic E-state index is -0.344. The highest BCUT2D eigenvalue weighted by molar-refractivity contribution is 8.00. The first-order valence-corrected chi connectivity index (χ1v) is 9.46. The Labute approximate surface area is 155 Å². The number of amides is 1. The van der Waals surface area contributed by atoms with Crippen molar-refractivity contribution in [1.29, 1.82) is 0 Å². The average Bonchev–Trinajstić information content (AvgIpc) is 3.06. The summed E-state index contributed by atoms with van der Waals surface area (Å²) in [5.41, 5.74) is 0.627. The van der Waals surface area contributed by atoms with Gasteiger partial charge in [0.05, 0.1) is 24.2 Å². The van der Waals surface area contributed by atoms with Crippen LogP contribution in [0.3, 0.4) is 0 Å². The van der Waals surface area contributed by atoms with E-state index in [-0.39, 0.29) is 17.0 Å². The van der Waals surface area contributed by atoms with Crippen molar-refractivity contribution < 1.29 is 13.9 Å². The van der Waals surface area contributed by atoms with Gasteiger partial charge in [0.1, 0.15) is 5.82 Å². The smallest absolute Gasteiger partial charge is 0.233 e. The number of nitrogens with one attached hydrogen (secondary N) is 1. The predicted octanol–water partition coefficient (Wildman–Crippen LogP) is 1.86. The zero-order chi connectivity index (χ0) is 18.5. The number of halogens is 1. The van der Waals surface area contributed by atoms with Gasteiger partial charge < -0.3 is 15.0 Å². The first kappa shape index (κ1) is 18.7. The van der Waals surface area contributed by atoms with Gasteiger partial charge in [0, 0.05) is 19.6 Å². The summed E-state index contributed by atoms with van der Waals surface area (Å²) in [6.45, 7) is 6.84. The van der Waals surface area contributed by atoms with Crippen LogP contribution >= 0.6 is 11.8 Å². The lowest BCUT2D eigenvalue weighted by atomic mass is 10.3. The highest BCUT2D eigenvalue weighted by Crippen LogP contribution is 2.29. The summed E-state index contributed by atoms with van der Waals surface area (Å²) in [7, 11) is 0. The maximum atomic E-state index is 13.8. The molecule has 1 N–H and O–H groups in total. The van der Waals surface area contributed by atoms with Crippen LogP contribution in [0.1, 0.15) is 13.8 Å². The number of thioether (sulfide) groups is 1. The van der Waals surface area contributed by atoms with Crippen LogP contribution in [0.4, 0.5) is 10.3 Å². The van der Waals surface area contributed by atoms with Gasteiger partial charge in [-0.15, -0.1) is 10.2 Å². The van der Waals surface area contributed by atoms with E-state index in [4.69, 9.17) is 4.74 Å². The molecule has 26 heavy (non-hydrogen) atoms. The second-order valence-electron chi connectivity index (χ2n) is 5.85. The van der Waals surface area contributed by atoms with Crippen LogP contribution in [0.25, 0.3) is 5.69 Å². The number of aromatic nitrogens is 3. The molecule has 1 aliphatic heterocycles. The Kier molecular flexibility index (Phi) is 6.10. The van der Waals surface area contributed by atoms with Crippen molar-refractivity contribution in [3.8, 4) is 5.69 Å². The van der Waals surface area contributed by atoms with Crippen LogP contribution in [0.5, 0.6) is 0 Å². The van der Waals surface area contributed by atoms with E-state index in [9.17, 15) is 9.18 Å². The first-order valence-electron chi connectivity index (χ1n) is 8.58. The fraction of sp³-hybridized carbons (Fsp3) is 0.471. The molecular formula is C17H22FN5O2S. The minimum Gasteiger partial charge on any atom is -0.378 e. The summed E-state index contributed by atoms with van der Waals surface area (Å²) in [6.07, 6.45) is 0. The quantitative estimate of drug-likeness (QED) is 0.773. The molecule has 0 unspecified atom stereocenters. The number of benzene rings is 1. The molecule has 1 fully saturated rings. The van der Waals surface area contributed by atoms with Crippen molar-refractivity contribution in [3.63, 3.8) is 0 Å². The molecule has 2 heterocycles. The summed E-state index contributed by atoms with van der Waals surface area (Å²) in [4.78, 5) is 14.1. The van der Waals surface area contributed by atoms with Crippen LogP contribution in [0, 0.1) is 5.82 Å². The Hall–Kier alpha value is -2.13. The van der Waals surface area contributed by atoms with Gasteiger partial charge in [0.2, 0.25) is 11.9 Å². The number of ether oxygens (including phenoxy) is 1. The van der Waals surface area contributed by atoms with E-state index in [0.717, 1.165) is 0 Å². The monoisotopic (exact) mass is 379 g/mol. The zero-order valence-corrected chi connectivity index (χ0v) is 15.6. The van der Waals surface area contributed by atoms with Crippen LogP contribution in [-0.4, -0.2) is 58.8 Å². The number of morpholine rings is 1. The number of nitrogens with zero attached hydrogens (tertiary/aromatic N) is 4. The van der Waals surface area contributed by atoms with E-state index in [1.807, 2.05) is 13.8 Å². The van der Waals surface area contributed by atoms with Gasteiger partial charge in [-0.05, 0) is 32.0 Å². The highest BCUT2D eigenvalue weighted by atomic mass is 32.2. The van der Waals surface area contributed by atoms with E-state index in [1.54, 1.807) is 16.7 Å². The van der Waals surface area contributed by atoms with Crippen LogP contribution in [-0.2, 0) is 9.53 Å². The molecule has 0 radical (unpaired) electrons. The average molecular weight is 379 g/mol. The number of carbonyl (C=O) groups is 1. The third-order valence-corrected chi connectivity index (χ3v) is 5.02. The molecular weight excluding hydrogens is 357 g/mol. The van der Waals surface area contributed by atoms with Gasteiger partial charge in [-0.3, -0.25) is 9.36 Å². The Morgan fingerprint density at radius 1 is 1.38 bits per heavy atom. The molecule has 1 amide bonds. The standard InChI is InChI=1S/C17H22FN5O2S/c1-3-19-15(24)12(2)26-17-21-20-16(22-7-9-25-10-8-22)23(17)14-6-4-5-13(18)11-14/h4-6,11-12H,3,7-10H2,1-2H3,(H,19,24)/t12-/m1/s1. The zero-order valence-electron chi connectivity index (χ0n) is 14.8. The van der Waals surface area contributed by atoms with Crippen LogP contribution in [0.15, 0.2) is 29.4 Å². The van der Waals surface area contributed by atoms with Crippen molar-refractivity contribution in [3.05, 3.63) is 30.1 Å². The molecule has 1 aromatic heterocycles. The summed E-state index contributed by atoms with van der Waals surface area (Å²) in [5.74, 6) is 0.223. The van der Waals surface area contributed by atoms with Gasteiger partial charge in [0.25, 0.3) is 0 Å². The molecule has 9 heteroatoms. The van der Waals surface area contributed by atoms with E-state index >= 15 is 0 Å². The summed E-state index contributed by atoms with van der Waals surface area (Å²) in [5, 5.41) is 11.6. The lowest BCUT2D eigenvalue weighted by Gasteiger charge is -2.28. The molecule has 7 nitrogen and oxygen atoms in total. The van der Waals surface area contributed by atoms with Gasteiger partial charge in [-0.25, -0.2) is 4.39 Å². The van der Waals surface area contributed by atoms with Crippen LogP contribution < -0.4 is 10.2 Å². The molecule has 1 aromatic carbocycles. The molecule has 1 saturated heterocycles. The van der Waals surface area contributed by atoms with E-state index in [2.05, 4.69) is 20.4 Å². The first-order chi connectivity index (χ1) is 12.6. The fourth-order valence-electron chi connectivity index (χ4n) is 2.68. The van der Waals surface area contributed by atoms with Crippen molar-refractivity contribution in [1.82, 2.24) is 20.1 Å². The van der Waals surface area contributed by atoms with Gasteiger partial charge in [-0.2, -0.15) is 0 Å². The van der Waals surface area contributed by atoms with Crippen LogP contribution in [0.2, 0.25) is 0 Å². The van der Waals surface area contributed by atoms with Crippen molar-refractivity contribution >= 4 is 23.6 Å². The molecule has 0 saturated carbocycles. The van der Waals surface area contributed by atoms with Crippen molar-refractivity contribution in [2.75, 3.05) is 37.7 Å².